The first-order chi connectivity index (χ1) is 10.5. The van der Waals surface area contributed by atoms with Gasteiger partial charge in [0.2, 0.25) is 0 Å². The van der Waals surface area contributed by atoms with E-state index >= 15 is 0 Å². The topological polar surface area (TPSA) is 28.1 Å². The van der Waals surface area contributed by atoms with E-state index in [9.17, 15) is 5.26 Å². The zero-order chi connectivity index (χ0) is 17.9. The molecule has 0 aliphatic carbocycles. The fourth-order valence-electron chi connectivity index (χ4n) is 2.63. The lowest BCUT2D eigenvalue weighted by Crippen LogP contribution is -2.17. The molecule has 0 aliphatic rings. The van der Waals surface area contributed by atoms with E-state index in [4.69, 9.17) is 4.85 Å². The lowest BCUT2D eigenvalue weighted by molar-refractivity contribution is 0.490. The predicted molar refractivity (Wildman–Crippen MR) is 99.4 cm³/mol. The van der Waals surface area contributed by atoms with Gasteiger partial charge in [0.25, 0.3) is 0 Å². The molecule has 1 aromatic rings. The van der Waals surface area contributed by atoms with E-state index in [-0.39, 0.29) is 10.8 Å². The maximum absolute atomic E-state index is 9.54. The summed E-state index contributed by atoms with van der Waals surface area (Å²) < 4.78 is 0. The van der Waals surface area contributed by atoms with E-state index in [1.807, 2.05) is 13.8 Å². The Kier molecular flexibility index (Phi) is 5.65. The number of rotatable bonds is 2. The number of nitriles is 1. The van der Waals surface area contributed by atoms with Crippen LogP contribution in [0.15, 0.2) is 18.2 Å². The number of hydrogen-bond donors (Lipinski definition) is 0. The molecule has 0 unspecified atom stereocenters. The molecule has 2 heteroatoms. The summed E-state index contributed by atoms with van der Waals surface area (Å²) in [6.45, 7) is 17.2. The van der Waals surface area contributed by atoms with Crippen LogP contribution >= 0.6 is 0 Å². The van der Waals surface area contributed by atoms with E-state index in [1.54, 1.807) is 0 Å². The third kappa shape index (κ3) is 4.35. The van der Waals surface area contributed by atoms with Gasteiger partial charge in [0.15, 0.2) is 5.41 Å². The Morgan fingerprint density at radius 2 is 1.35 bits per heavy atom. The summed E-state index contributed by atoms with van der Waals surface area (Å²) in [6, 6.07) is 12.0. The van der Waals surface area contributed by atoms with Crippen LogP contribution in [0.3, 0.4) is 0 Å². The molecule has 0 spiro atoms. The van der Waals surface area contributed by atoms with Crippen LogP contribution in [0.5, 0.6) is 0 Å². The minimum absolute atomic E-state index is 0.00446. The Labute approximate surface area is 142 Å². The molecule has 0 saturated carbocycles. The van der Waals surface area contributed by atoms with E-state index in [0.717, 1.165) is 18.5 Å². The van der Waals surface area contributed by atoms with Crippen molar-refractivity contribution in [2.75, 3.05) is 0 Å². The van der Waals surface area contributed by atoms with Crippen LogP contribution in [0.1, 0.15) is 79.4 Å². The molecule has 0 fully saturated rings. The van der Waals surface area contributed by atoms with Gasteiger partial charge in [-0.25, -0.2) is 0 Å². The molecular weight excluding hydrogens is 280 g/mol. The zero-order valence-corrected chi connectivity index (χ0v) is 16.0. The first kappa shape index (κ1) is 19.2. The second-order valence-corrected chi connectivity index (χ2v) is 8.33. The normalized spacial score (nSPS) is 12.3. The largest absolute Gasteiger partial charge is 0.347 e. The Balaban J connectivity index is 3.67. The van der Waals surface area contributed by atoms with Crippen LogP contribution in [0.4, 0.5) is 5.69 Å². The highest BCUT2D eigenvalue weighted by Gasteiger charge is 2.34. The Bertz CT molecular complexity index is 616. The van der Waals surface area contributed by atoms with Crippen LogP contribution in [0, 0.1) is 22.8 Å². The van der Waals surface area contributed by atoms with E-state index in [0.29, 0.717) is 0 Å². The highest BCUT2D eigenvalue weighted by atomic mass is 14.7. The SMILES string of the molecule is CCC(C#N)(C#[N+]c1c(C(C)(C)C)cccc1C(C)(C)C)CC. The van der Waals surface area contributed by atoms with E-state index in [2.05, 4.69) is 71.9 Å². The van der Waals surface area contributed by atoms with Crippen molar-refractivity contribution in [1.29, 1.82) is 5.26 Å². The second-order valence-electron chi connectivity index (χ2n) is 8.33. The van der Waals surface area contributed by atoms with Gasteiger partial charge in [0.05, 0.1) is 6.07 Å². The van der Waals surface area contributed by atoms with Crippen molar-refractivity contribution in [2.45, 2.75) is 79.1 Å². The lowest BCUT2D eigenvalue weighted by Gasteiger charge is -2.22. The molecule has 0 saturated heterocycles. The Morgan fingerprint density at radius 3 is 1.65 bits per heavy atom. The van der Waals surface area contributed by atoms with Crippen LogP contribution in [-0.2, 0) is 10.8 Å². The molecule has 0 radical (unpaired) electrons. The van der Waals surface area contributed by atoms with Crippen LogP contribution in [0.2, 0.25) is 0 Å². The fourth-order valence-corrected chi connectivity index (χ4v) is 2.63. The Morgan fingerprint density at radius 1 is 0.913 bits per heavy atom. The number of benzene rings is 1. The fraction of sp³-hybridized carbons (Fsp3) is 0.619. The summed E-state index contributed by atoms with van der Waals surface area (Å²) in [7, 11) is 0. The van der Waals surface area contributed by atoms with Crippen LogP contribution in [0.25, 0.3) is 4.85 Å². The first-order valence-corrected chi connectivity index (χ1v) is 8.54. The summed E-state index contributed by atoms with van der Waals surface area (Å²) in [5.41, 5.74) is 2.78. The summed E-state index contributed by atoms with van der Waals surface area (Å²) >= 11 is 0. The summed E-state index contributed by atoms with van der Waals surface area (Å²) in [4.78, 5) is 4.75. The number of nitrogens with zero attached hydrogens (tertiary/aromatic N) is 2. The molecule has 0 amide bonds. The highest BCUT2D eigenvalue weighted by molar-refractivity contribution is 5.64. The highest BCUT2D eigenvalue weighted by Crippen LogP contribution is 2.40. The Hall–Kier alpha value is -1.80. The maximum atomic E-state index is 9.54. The lowest BCUT2D eigenvalue weighted by atomic mass is 9.79. The molecule has 124 valence electrons. The zero-order valence-electron chi connectivity index (χ0n) is 16.0. The van der Waals surface area contributed by atoms with Gasteiger partial charge in [-0.3, -0.25) is 0 Å². The van der Waals surface area contributed by atoms with Gasteiger partial charge < -0.3 is 0 Å². The molecule has 0 aromatic heterocycles. The molecule has 23 heavy (non-hydrogen) atoms. The first-order valence-electron chi connectivity index (χ1n) is 8.54. The van der Waals surface area contributed by atoms with Crippen molar-refractivity contribution < 1.29 is 0 Å². The van der Waals surface area contributed by atoms with Crippen molar-refractivity contribution in [3.63, 3.8) is 0 Å². The smallest absolute Gasteiger partial charge is 0.196 e. The van der Waals surface area contributed by atoms with E-state index < -0.39 is 5.41 Å². The third-order valence-electron chi connectivity index (χ3n) is 4.45. The molecule has 0 heterocycles. The van der Waals surface area contributed by atoms with Gasteiger partial charge in [-0.15, -0.1) is 0 Å². The third-order valence-corrected chi connectivity index (χ3v) is 4.45. The average Bonchev–Trinajstić information content (AvgIpc) is 2.47. The van der Waals surface area contributed by atoms with Crippen LogP contribution in [-0.4, -0.2) is 0 Å². The molecular formula is C21H31N2+. The average molecular weight is 311 g/mol. The van der Waals surface area contributed by atoms with Crippen molar-refractivity contribution in [1.82, 2.24) is 0 Å². The molecule has 0 aliphatic heterocycles. The summed E-state index contributed by atoms with van der Waals surface area (Å²) in [6.07, 6.45) is 1.46. The van der Waals surface area contributed by atoms with Gasteiger partial charge >= 0.3 is 11.8 Å². The number of hydrogen-bond acceptors (Lipinski definition) is 1. The predicted octanol–water partition coefficient (Wildman–Crippen LogP) is 6.58. The quantitative estimate of drug-likeness (QED) is 0.606. The standard InChI is InChI=1S/C21H31N2/c1-9-21(10-2,14-22)15-23-18-16(19(3,4)5)12-11-13-17(18)20(6,7)8/h11-13H,9-10H2,1-8H3/q+1. The van der Waals surface area contributed by atoms with Gasteiger partial charge in [0.1, 0.15) is 0 Å². The molecule has 0 N–H and O–H groups in total. The second kappa shape index (κ2) is 6.76. The van der Waals surface area contributed by atoms with Crippen molar-refractivity contribution in [2.24, 2.45) is 5.41 Å². The van der Waals surface area contributed by atoms with E-state index in [1.165, 1.54) is 11.1 Å². The minimum atomic E-state index is -0.597. The van der Waals surface area contributed by atoms with Gasteiger partial charge in [-0.1, -0.05) is 73.6 Å². The molecule has 0 bridgehead atoms. The van der Waals surface area contributed by atoms with Crippen molar-refractivity contribution >= 4 is 5.69 Å². The molecule has 2 nitrogen and oxygen atoms in total. The maximum Gasteiger partial charge on any atom is 0.347 e. The summed E-state index contributed by atoms with van der Waals surface area (Å²) in [5, 5.41) is 9.54. The minimum Gasteiger partial charge on any atom is -0.196 e. The molecule has 0 atom stereocenters. The summed E-state index contributed by atoms with van der Waals surface area (Å²) in [5.74, 6) is 0. The monoisotopic (exact) mass is 311 g/mol. The van der Waals surface area contributed by atoms with Crippen molar-refractivity contribution in [3.05, 3.63) is 34.2 Å². The van der Waals surface area contributed by atoms with Crippen molar-refractivity contribution in [3.8, 4) is 12.1 Å². The van der Waals surface area contributed by atoms with Gasteiger partial charge in [-0.05, 0) is 28.5 Å². The molecule has 1 aromatic carbocycles. The van der Waals surface area contributed by atoms with Gasteiger partial charge in [0, 0.05) is 11.1 Å². The number of para-hydroxylation sites is 1. The van der Waals surface area contributed by atoms with Crippen LogP contribution < -0.4 is 0 Å². The van der Waals surface area contributed by atoms with Gasteiger partial charge in [-0.2, -0.15) is 5.26 Å². The molecule has 1 rings (SSSR count).